The van der Waals surface area contributed by atoms with Gasteiger partial charge in [-0.2, -0.15) is 0 Å². The molecule has 0 unspecified atom stereocenters. The van der Waals surface area contributed by atoms with E-state index in [0.29, 0.717) is 17.1 Å². The lowest BCUT2D eigenvalue weighted by Gasteiger charge is -2.10. The van der Waals surface area contributed by atoms with E-state index in [1.807, 2.05) is 18.2 Å². The lowest BCUT2D eigenvalue weighted by Crippen LogP contribution is -2.25. The number of rotatable bonds is 5. The summed E-state index contributed by atoms with van der Waals surface area (Å²) in [5.41, 5.74) is 2.48. The first-order chi connectivity index (χ1) is 13.0. The number of nitrogens with one attached hydrogen (secondary N) is 3. The van der Waals surface area contributed by atoms with Gasteiger partial charge < -0.3 is 16.0 Å². The summed E-state index contributed by atoms with van der Waals surface area (Å²) in [5.74, 6) is -0.315. The van der Waals surface area contributed by atoms with E-state index >= 15 is 0 Å². The smallest absolute Gasteiger partial charge is 0.323 e. The van der Waals surface area contributed by atoms with Crippen LogP contribution in [-0.4, -0.2) is 16.5 Å². The number of nitrogens with zero attached hydrogens (tertiary/aromatic N) is 1. The minimum Gasteiger partial charge on any atom is -0.324 e. The number of aromatic nitrogens is 1. The summed E-state index contributed by atoms with van der Waals surface area (Å²) < 4.78 is 1.41. The molecule has 3 aromatic rings. The first-order valence-corrected chi connectivity index (χ1v) is 9.07. The van der Waals surface area contributed by atoms with Crippen LogP contribution < -0.4 is 20.8 Å². The van der Waals surface area contributed by atoms with Crippen molar-refractivity contribution in [1.82, 2.24) is 4.57 Å². The Kier molecular flexibility index (Phi) is 5.68. The van der Waals surface area contributed by atoms with Gasteiger partial charge in [0.25, 0.3) is 0 Å². The van der Waals surface area contributed by atoms with Crippen LogP contribution in [0.25, 0.3) is 0 Å². The van der Waals surface area contributed by atoms with Crippen LogP contribution in [0.15, 0.2) is 64.8 Å². The van der Waals surface area contributed by atoms with Crippen molar-refractivity contribution in [3.05, 3.63) is 75.3 Å². The van der Waals surface area contributed by atoms with Crippen LogP contribution in [0.4, 0.5) is 21.9 Å². The molecule has 0 aliphatic carbocycles. The van der Waals surface area contributed by atoms with Gasteiger partial charge in [-0.25, -0.2) is 4.79 Å². The Hall–Kier alpha value is -3.39. The molecule has 8 heteroatoms. The minimum atomic E-state index is -0.384. The fourth-order valence-corrected chi connectivity index (χ4v) is 3.16. The van der Waals surface area contributed by atoms with E-state index in [2.05, 4.69) is 16.0 Å². The van der Waals surface area contributed by atoms with Gasteiger partial charge in [-0.3, -0.25) is 14.2 Å². The molecule has 3 rings (SSSR count). The number of hydrogen-bond donors (Lipinski definition) is 3. The fraction of sp³-hybridized carbons (Fsp3) is 0.105. The van der Waals surface area contributed by atoms with Gasteiger partial charge in [0.1, 0.15) is 6.54 Å². The summed E-state index contributed by atoms with van der Waals surface area (Å²) in [6.45, 7) is 1.72. The maximum Gasteiger partial charge on any atom is 0.323 e. The van der Waals surface area contributed by atoms with Gasteiger partial charge in [0.05, 0.1) is 0 Å². The highest BCUT2D eigenvalue weighted by molar-refractivity contribution is 7.07. The van der Waals surface area contributed by atoms with Gasteiger partial charge in [-0.15, -0.1) is 0 Å². The molecule has 0 fully saturated rings. The van der Waals surface area contributed by atoms with Crippen LogP contribution in [0.1, 0.15) is 5.69 Å². The number of amides is 3. The normalized spacial score (nSPS) is 10.3. The predicted molar refractivity (Wildman–Crippen MR) is 107 cm³/mol. The van der Waals surface area contributed by atoms with Gasteiger partial charge >= 0.3 is 10.9 Å². The molecule has 3 N–H and O–H groups in total. The summed E-state index contributed by atoms with van der Waals surface area (Å²) in [7, 11) is 0. The SMILES string of the molecule is Cc1csc(=O)n1CC(=O)Nc1cccc(NC(=O)Nc2ccccc2)c1. The summed E-state index contributed by atoms with van der Waals surface area (Å²) in [5, 5.41) is 9.88. The summed E-state index contributed by atoms with van der Waals surface area (Å²) in [4.78, 5) is 35.8. The number of anilines is 3. The van der Waals surface area contributed by atoms with Gasteiger partial charge in [0, 0.05) is 28.1 Å². The zero-order valence-corrected chi connectivity index (χ0v) is 15.4. The van der Waals surface area contributed by atoms with Crippen molar-refractivity contribution in [3.63, 3.8) is 0 Å². The van der Waals surface area contributed by atoms with Gasteiger partial charge in [-0.05, 0) is 37.3 Å². The predicted octanol–water partition coefficient (Wildman–Crippen LogP) is 3.50. The van der Waals surface area contributed by atoms with Crippen molar-refractivity contribution >= 4 is 40.3 Å². The second kappa shape index (κ2) is 8.33. The Labute approximate surface area is 159 Å². The Morgan fingerprint density at radius 1 is 0.926 bits per heavy atom. The molecule has 0 atom stereocenters. The van der Waals surface area contributed by atoms with E-state index < -0.39 is 0 Å². The highest BCUT2D eigenvalue weighted by atomic mass is 32.1. The largest absolute Gasteiger partial charge is 0.324 e. The fourth-order valence-electron chi connectivity index (χ4n) is 2.43. The Balaban J connectivity index is 1.60. The molecule has 1 aromatic heterocycles. The number of carbonyl (C=O) groups excluding carboxylic acids is 2. The monoisotopic (exact) mass is 382 g/mol. The molecule has 7 nitrogen and oxygen atoms in total. The van der Waals surface area contributed by atoms with Gasteiger partial charge in [0.15, 0.2) is 0 Å². The van der Waals surface area contributed by atoms with E-state index in [0.717, 1.165) is 17.0 Å². The van der Waals surface area contributed by atoms with Crippen LogP contribution in [0, 0.1) is 6.92 Å². The molecule has 0 radical (unpaired) electrons. The van der Waals surface area contributed by atoms with Crippen molar-refractivity contribution in [2.45, 2.75) is 13.5 Å². The van der Waals surface area contributed by atoms with E-state index in [1.54, 1.807) is 48.7 Å². The van der Waals surface area contributed by atoms with Crippen LogP contribution in [0.3, 0.4) is 0 Å². The lowest BCUT2D eigenvalue weighted by molar-refractivity contribution is -0.116. The zero-order chi connectivity index (χ0) is 19.2. The quantitative estimate of drug-likeness (QED) is 0.631. The lowest BCUT2D eigenvalue weighted by atomic mass is 10.2. The molecule has 27 heavy (non-hydrogen) atoms. The number of hydrogen-bond acceptors (Lipinski definition) is 4. The number of carbonyl (C=O) groups is 2. The zero-order valence-electron chi connectivity index (χ0n) is 14.6. The summed E-state index contributed by atoms with van der Waals surface area (Å²) >= 11 is 1.06. The van der Waals surface area contributed by atoms with E-state index in [-0.39, 0.29) is 23.4 Å². The summed E-state index contributed by atoms with van der Waals surface area (Å²) in [6, 6.07) is 15.5. The van der Waals surface area contributed by atoms with Crippen molar-refractivity contribution in [2.24, 2.45) is 0 Å². The van der Waals surface area contributed by atoms with Crippen LogP contribution in [0.5, 0.6) is 0 Å². The third-order valence-corrected chi connectivity index (χ3v) is 4.59. The van der Waals surface area contributed by atoms with Crippen LogP contribution in [-0.2, 0) is 11.3 Å². The maximum absolute atomic E-state index is 12.2. The summed E-state index contributed by atoms with van der Waals surface area (Å²) in [6.07, 6.45) is 0. The van der Waals surface area contributed by atoms with E-state index in [1.165, 1.54) is 4.57 Å². The third kappa shape index (κ3) is 5.05. The van der Waals surface area contributed by atoms with Gasteiger partial charge in [0.2, 0.25) is 5.91 Å². The topological polar surface area (TPSA) is 92.2 Å². The number of benzene rings is 2. The number of thiazole rings is 1. The Morgan fingerprint density at radius 3 is 2.22 bits per heavy atom. The maximum atomic E-state index is 12.2. The second-order valence-corrected chi connectivity index (χ2v) is 6.62. The van der Waals surface area contributed by atoms with Crippen molar-refractivity contribution < 1.29 is 9.59 Å². The molecule has 0 bridgehead atoms. The molecular formula is C19H18N4O3S. The van der Waals surface area contributed by atoms with Crippen LogP contribution >= 0.6 is 11.3 Å². The number of urea groups is 1. The molecule has 2 aromatic carbocycles. The van der Waals surface area contributed by atoms with Crippen molar-refractivity contribution in [2.75, 3.05) is 16.0 Å². The average Bonchev–Trinajstić information content (AvgIpc) is 2.94. The third-order valence-electron chi connectivity index (χ3n) is 3.71. The highest BCUT2D eigenvalue weighted by Gasteiger charge is 2.09. The van der Waals surface area contributed by atoms with Crippen LogP contribution in [0.2, 0.25) is 0 Å². The second-order valence-electron chi connectivity index (χ2n) is 5.80. The molecule has 0 aliphatic rings. The minimum absolute atomic E-state index is 0.0552. The Bertz CT molecular complexity index is 1010. The molecule has 0 saturated heterocycles. The van der Waals surface area contributed by atoms with E-state index in [9.17, 15) is 14.4 Å². The first kappa shape index (κ1) is 18.4. The number of aryl methyl sites for hydroxylation is 1. The van der Waals surface area contributed by atoms with Crippen molar-refractivity contribution in [1.29, 1.82) is 0 Å². The number of para-hydroxylation sites is 1. The molecule has 1 heterocycles. The molecular weight excluding hydrogens is 364 g/mol. The highest BCUT2D eigenvalue weighted by Crippen LogP contribution is 2.16. The molecule has 138 valence electrons. The molecule has 0 spiro atoms. The van der Waals surface area contributed by atoms with Crippen molar-refractivity contribution in [3.8, 4) is 0 Å². The van der Waals surface area contributed by atoms with E-state index in [4.69, 9.17) is 0 Å². The molecule has 0 aliphatic heterocycles. The molecule has 3 amide bonds. The first-order valence-electron chi connectivity index (χ1n) is 8.19. The standard InChI is InChI=1S/C19H18N4O3S/c1-13-12-27-19(26)23(13)11-17(24)20-15-8-5-9-16(10-15)22-18(25)21-14-6-3-2-4-7-14/h2-10,12H,11H2,1H3,(H,20,24)(H2,21,22,25). The Morgan fingerprint density at radius 2 is 1.56 bits per heavy atom. The average molecular weight is 382 g/mol. The van der Waals surface area contributed by atoms with Gasteiger partial charge in [-0.1, -0.05) is 35.6 Å². The molecule has 0 saturated carbocycles.